The number of rotatable bonds is 4. The van der Waals surface area contributed by atoms with Crippen LogP contribution >= 0.6 is 0 Å². The number of alkyl halides is 3. The van der Waals surface area contributed by atoms with E-state index in [1.54, 1.807) is 14.0 Å². The van der Waals surface area contributed by atoms with Gasteiger partial charge < -0.3 is 9.42 Å². The molecule has 0 spiro atoms. The fraction of sp³-hybridized carbons (Fsp3) is 0.200. The molecule has 27 heavy (non-hydrogen) atoms. The monoisotopic (exact) mass is 374 g/mol. The van der Waals surface area contributed by atoms with Gasteiger partial charge in [0.2, 0.25) is 0 Å². The first kappa shape index (κ1) is 18.7. The van der Waals surface area contributed by atoms with Crippen LogP contribution < -0.4 is 0 Å². The molecule has 1 amide bonds. The molecule has 4 nitrogen and oxygen atoms in total. The summed E-state index contributed by atoms with van der Waals surface area (Å²) < 4.78 is 43.2. The summed E-state index contributed by atoms with van der Waals surface area (Å²) in [6.07, 6.45) is -4.38. The van der Waals surface area contributed by atoms with Crippen molar-refractivity contribution in [1.29, 1.82) is 0 Å². The van der Waals surface area contributed by atoms with Crippen molar-refractivity contribution < 1.29 is 22.5 Å². The summed E-state index contributed by atoms with van der Waals surface area (Å²) in [4.78, 5) is 14.3. The van der Waals surface area contributed by atoms with E-state index in [0.29, 0.717) is 22.6 Å². The molecule has 0 aliphatic heterocycles. The second-order valence-electron chi connectivity index (χ2n) is 6.18. The Balaban J connectivity index is 1.82. The normalized spacial score (nSPS) is 11.4. The molecule has 2 aromatic carbocycles. The summed E-state index contributed by atoms with van der Waals surface area (Å²) >= 11 is 0. The molecule has 0 aliphatic rings. The van der Waals surface area contributed by atoms with Gasteiger partial charge in [0.15, 0.2) is 0 Å². The largest absolute Gasteiger partial charge is 0.416 e. The molecule has 0 saturated carbocycles. The number of carbonyl (C=O) groups excluding carboxylic acids is 1. The SMILES string of the molecule is Cc1onc(-c2ccccc2)c1C(=O)N(C)Cc1ccc(C(F)(F)F)cc1. The maximum Gasteiger partial charge on any atom is 0.416 e. The van der Waals surface area contributed by atoms with Crippen LogP contribution in [0.25, 0.3) is 11.3 Å². The van der Waals surface area contributed by atoms with Crippen LogP contribution in [-0.4, -0.2) is 23.0 Å². The van der Waals surface area contributed by atoms with Crippen molar-refractivity contribution in [3.63, 3.8) is 0 Å². The number of aromatic nitrogens is 1. The van der Waals surface area contributed by atoms with Crippen molar-refractivity contribution >= 4 is 5.91 Å². The number of halogens is 3. The average molecular weight is 374 g/mol. The molecule has 0 aliphatic carbocycles. The molecule has 3 rings (SSSR count). The highest BCUT2D eigenvalue weighted by atomic mass is 19.4. The minimum Gasteiger partial charge on any atom is -0.360 e. The van der Waals surface area contributed by atoms with E-state index in [1.807, 2.05) is 30.3 Å². The van der Waals surface area contributed by atoms with Crippen LogP contribution in [0.5, 0.6) is 0 Å². The van der Waals surface area contributed by atoms with Crippen LogP contribution in [0.15, 0.2) is 59.1 Å². The Labute approximate surface area is 154 Å². The Kier molecular flexibility index (Phi) is 5.03. The third-order valence-electron chi connectivity index (χ3n) is 4.17. The van der Waals surface area contributed by atoms with Gasteiger partial charge in [-0.25, -0.2) is 0 Å². The Morgan fingerprint density at radius 2 is 1.70 bits per heavy atom. The van der Waals surface area contributed by atoms with Crippen LogP contribution in [0, 0.1) is 6.92 Å². The summed E-state index contributed by atoms with van der Waals surface area (Å²) in [5, 5.41) is 3.99. The predicted octanol–water partition coefficient (Wildman–Crippen LogP) is 4.94. The molecule has 0 unspecified atom stereocenters. The zero-order valence-corrected chi connectivity index (χ0v) is 14.7. The molecule has 0 saturated heterocycles. The molecule has 7 heteroatoms. The lowest BCUT2D eigenvalue weighted by Crippen LogP contribution is -2.27. The second-order valence-corrected chi connectivity index (χ2v) is 6.18. The van der Waals surface area contributed by atoms with Gasteiger partial charge in [-0.15, -0.1) is 0 Å². The lowest BCUT2D eigenvalue weighted by atomic mass is 10.0. The van der Waals surface area contributed by atoms with Crippen molar-refractivity contribution in [2.24, 2.45) is 0 Å². The molecular formula is C20H17F3N2O2. The van der Waals surface area contributed by atoms with Gasteiger partial charge in [-0.05, 0) is 24.6 Å². The summed E-state index contributed by atoms with van der Waals surface area (Å²) in [5.74, 6) is 0.0747. The van der Waals surface area contributed by atoms with Gasteiger partial charge in [-0.2, -0.15) is 13.2 Å². The highest BCUT2D eigenvalue weighted by molar-refractivity contribution is 6.00. The van der Waals surface area contributed by atoms with Crippen LogP contribution in [0.3, 0.4) is 0 Å². The average Bonchev–Trinajstić information content (AvgIpc) is 3.03. The van der Waals surface area contributed by atoms with Gasteiger partial charge >= 0.3 is 6.18 Å². The van der Waals surface area contributed by atoms with Gasteiger partial charge in [0.05, 0.1) is 5.56 Å². The van der Waals surface area contributed by atoms with Crippen molar-refractivity contribution in [3.8, 4) is 11.3 Å². The number of hydrogen-bond donors (Lipinski definition) is 0. The first-order valence-corrected chi connectivity index (χ1v) is 8.20. The zero-order valence-electron chi connectivity index (χ0n) is 14.7. The maximum atomic E-state index is 12.9. The van der Waals surface area contributed by atoms with Crippen molar-refractivity contribution in [3.05, 3.63) is 77.0 Å². The number of aryl methyl sites for hydroxylation is 1. The summed E-state index contributed by atoms with van der Waals surface area (Å²) in [6, 6.07) is 13.9. The molecule has 0 atom stereocenters. The summed E-state index contributed by atoms with van der Waals surface area (Å²) in [6.45, 7) is 1.81. The number of benzene rings is 2. The molecule has 0 bridgehead atoms. The number of nitrogens with zero attached hydrogens (tertiary/aromatic N) is 2. The highest BCUT2D eigenvalue weighted by Crippen LogP contribution is 2.30. The van der Waals surface area contributed by atoms with E-state index in [-0.39, 0.29) is 12.5 Å². The fourth-order valence-corrected chi connectivity index (χ4v) is 2.75. The highest BCUT2D eigenvalue weighted by Gasteiger charge is 2.30. The van der Waals surface area contributed by atoms with Gasteiger partial charge in [-0.1, -0.05) is 47.6 Å². The number of hydrogen-bond acceptors (Lipinski definition) is 3. The van der Waals surface area contributed by atoms with E-state index in [0.717, 1.165) is 17.7 Å². The van der Waals surface area contributed by atoms with Crippen LogP contribution in [-0.2, 0) is 12.7 Å². The molecule has 0 radical (unpaired) electrons. The maximum absolute atomic E-state index is 12.9. The lowest BCUT2D eigenvalue weighted by Gasteiger charge is -2.18. The summed E-state index contributed by atoms with van der Waals surface area (Å²) in [5.41, 5.74) is 1.41. The zero-order chi connectivity index (χ0) is 19.6. The Hall–Kier alpha value is -3.09. The minimum absolute atomic E-state index is 0.163. The van der Waals surface area contributed by atoms with Gasteiger partial charge in [0, 0.05) is 19.2 Å². The summed E-state index contributed by atoms with van der Waals surface area (Å²) in [7, 11) is 1.58. The Morgan fingerprint density at radius 3 is 2.30 bits per heavy atom. The van der Waals surface area contributed by atoms with E-state index >= 15 is 0 Å². The Morgan fingerprint density at radius 1 is 1.07 bits per heavy atom. The molecular weight excluding hydrogens is 357 g/mol. The van der Waals surface area contributed by atoms with E-state index in [9.17, 15) is 18.0 Å². The first-order chi connectivity index (χ1) is 12.8. The molecule has 0 fully saturated rings. The predicted molar refractivity (Wildman–Crippen MR) is 93.9 cm³/mol. The van der Waals surface area contributed by atoms with Crippen LogP contribution in [0.4, 0.5) is 13.2 Å². The first-order valence-electron chi connectivity index (χ1n) is 8.20. The standard InChI is InChI=1S/C20H17F3N2O2/c1-13-17(18(24-27-13)15-6-4-3-5-7-15)19(26)25(2)12-14-8-10-16(11-9-14)20(21,22)23/h3-11H,12H2,1-2H3. The van der Waals surface area contributed by atoms with Crippen molar-refractivity contribution in [1.82, 2.24) is 10.1 Å². The third-order valence-corrected chi connectivity index (χ3v) is 4.17. The molecule has 3 aromatic rings. The van der Waals surface area contributed by atoms with E-state index in [4.69, 9.17) is 4.52 Å². The minimum atomic E-state index is -4.38. The molecule has 0 N–H and O–H groups in total. The van der Waals surface area contributed by atoms with Crippen molar-refractivity contribution in [2.75, 3.05) is 7.05 Å². The molecule has 1 aromatic heterocycles. The van der Waals surface area contributed by atoms with Gasteiger partial charge in [0.25, 0.3) is 5.91 Å². The quantitative estimate of drug-likeness (QED) is 0.650. The third kappa shape index (κ3) is 4.02. The van der Waals surface area contributed by atoms with Crippen LogP contribution in [0.1, 0.15) is 27.2 Å². The second kappa shape index (κ2) is 7.26. The van der Waals surface area contributed by atoms with Crippen molar-refractivity contribution in [2.45, 2.75) is 19.6 Å². The lowest BCUT2D eigenvalue weighted by molar-refractivity contribution is -0.137. The Bertz CT molecular complexity index is 932. The van der Waals surface area contributed by atoms with E-state index in [2.05, 4.69) is 5.16 Å². The fourth-order valence-electron chi connectivity index (χ4n) is 2.75. The topological polar surface area (TPSA) is 46.3 Å². The van der Waals surface area contributed by atoms with Crippen LogP contribution in [0.2, 0.25) is 0 Å². The van der Waals surface area contributed by atoms with Gasteiger partial charge in [0.1, 0.15) is 17.0 Å². The van der Waals surface area contributed by atoms with E-state index < -0.39 is 11.7 Å². The molecule has 1 heterocycles. The number of amides is 1. The van der Waals surface area contributed by atoms with Gasteiger partial charge in [-0.3, -0.25) is 4.79 Å². The number of carbonyl (C=O) groups is 1. The smallest absolute Gasteiger partial charge is 0.360 e. The van der Waals surface area contributed by atoms with E-state index in [1.165, 1.54) is 17.0 Å². The molecule has 140 valence electrons.